The minimum atomic E-state index is 0.503. The van der Waals surface area contributed by atoms with Gasteiger partial charge in [-0.1, -0.05) is 11.6 Å². The van der Waals surface area contributed by atoms with Gasteiger partial charge in [0.2, 0.25) is 0 Å². The SMILES string of the molecule is COc1cc(C)c(C2CN2)cc1Cl. The number of ether oxygens (including phenoxy) is 1. The Morgan fingerprint density at radius 1 is 1.54 bits per heavy atom. The van der Waals surface area contributed by atoms with Crippen LogP contribution in [0.3, 0.4) is 0 Å². The van der Waals surface area contributed by atoms with Gasteiger partial charge in [0.05, 0.1) is 12.1 Å². The number of nitrogens with one attached hydrogen (secondary N) is 1. The maximum Gasteiger partial charge on any atom is 0.137 e. The van der Waals surface area contributed by atoms with Crippen molar-refractivity contribution >= 4 is 11.6 Å². The van der Waals surface area contributed by atoms with Gasteiger partial charge in [-0.3, -0.25) is 0 Å². The molecule has 1 aliphatic rings. The third kappa shape index (κ3) is 1.64. The first kappa shape index (κ1) is 8.85. The molecule has 0 aromatic heterocycles. The van der Waals surface area contributed by atoms with Crippen LogP contribution in [-0.4, -0.2) is 13.7 Å². The zero-order valence-electron chi connectivity index (χ0n) is 7.73. The Balaban J connectivity index is 2.42. The van der Waals surface area contributed by atoms with Gasteiger partial charge in [-0.15, -0.1) is 0 Å². The summed E-state index contributed by atoms with van der Waals surface area (Å²) < 4.78 is 5.13. The first-order chi connectivity index (χ1) is 6.22. The minimum absolute atomic E-state index is 0.503. The van der Waals surface area contributed by atoms with Crippen LogP contribution in [0.1, 0.15) is 17.2 Å². The second-order valence-corrected chi connectivity index (χ2v) is 3.71. The van der Waals surface area contributed by atoms with Crippen molar-refractivity contribution < 1.29 is 4.74 Å². The first-order valence-electron chi connectivity index (χ1n) is 4.30. The van der Waals surface area contributed by atoms with Gasteiger partial charge in [0.25, 0.3) is 0 Å². The lowest BCUT2D eigenvalue weighted by atomic mass is 10.1. The van der Waals surface area contributed by atoms with Gasteiger partial charge in [0, 0.05) is 12.6 Å². The topological polar surface area (TPSA) is 31.2 Å². The molecule has 0 aliphatic carbocycles. The Kier molecular flexibility index (Phi) is 2.18. The lowest BCUT2D eigenvalue weighted by molar-refractivity contribution is 0.414. The summed E-state index contributed by atoms with van der Waals surface area (Å²) in [4.78, 5) is 0. The van der Waals surface area contributed by atoms with E-state index in [-0.39, 0.29) is 0 Å². The number of aryl methyl sites for hydroxylation is 1. The van der Waals surface area contributed by atoms with Crippen molar-refractivity contribution in [1.82, 2.24) is 5.32 Å². The summed E-state index contributed by atoms with van der Waals surface area (Å²) in [6.45, 7) is 3.14. The lowest BCUT2D eigenvalue weighted by Crippen LogP contribution is -1.92. The van der Waals surface area contributed by atoms with E-state index in [9.17, 15) is 0 Å². The highest BCUT2D eigenvalue weighted by atomic mass is 35.5. The standard InChI is InChI=1S/C10H12ClNO/c1-6-3-10(13-2)8(11)4-7(6)9-5-12-9/h3-4,9,12H,5H2,1-2H3. The van der Waals surface area contributed by atoms with Gasteiger partial charge in [-0.05, 0) is 30.2 Å². The van der Waals surface area contributed by atoms with Gasteiger partial charge in [0.1, 0.15) is 5.75 Å². The predicted octanol–water partition coefficient (Wildman–Crippen LogP) is 2.30. The molecule has 13 heavy (non-hydrogen) atoms. The highest BCUT2D eigenvalue weighted by Gasteiger charge is 2.24. The summed E-state index contributed by atoms with van der Waals surface area (Å²) in [6, 6.07) is 4.47. The zero-order chi connectivity index (χ0) is 9.42. The second kappa shape index (κ2) is 3.20. The van der Waals surface area contributed by atoms with E-state index in [1.54, 1.807) is 7.11 Å². The molecule has 1 heterocycles. The molecule has 0 bridgehead atoms. The zero-order valence-corrected chi connectivity index (χ0v) is 8.48. The van der Waals surface area contributed by atoms with Crippen LogP contribution in [0, 0.1) is 6.92 Å². The summed E-state index contributed by atoms with van der Waals surface area (Å²) in [5.41, 5.74) is 2.52. The molecular weight excluding hydrogens is 186 g/mol. The van der Waals surface area contributed by atoms with Crippen LogP contribution in [0.2, 0.25) is 5.02 Å². The normalized spacial score (nSPS) is 20.1. The Labute approximate surface area is 82.9 Å². The van der Waals surface area contributed by atoms with Crippen LogP contribution >= 0.6 is 11.6 Å². The van der Waals surface area contributed by atoms with Crippen LogP contribution in [-0.2, 0) is 0 Å². The van der Waals surface area contributed by atoms with E-state index >= 15 is 0 Å². The van der Waals surface area contributed by atoms with E-state index in [2.05, 4.69) is 12.2 Å². The molecule has 3 heteroatoms. The minimum Gasteiger partial charge on any atom is -0.495 e. The summed E-state index contributed by atoms with van der Waals surface area (Å²) in [5, 5.41) is 3.95. The monoisotopic (exact) mass is 197 g/mol. The fourth-order valence-electron chi connectivity index (χ4n) is 1.48. The van der Waals surface area contributed by atoms with Crippen LogP contribution in [0.5, 0.6) is 5.75 Å². The molecule has 70 valence electrons. The number of hydrogen-bond donors (Lipinski definition) is 1. The van der Waals surface area contributed by atoms with Crippen LogP contribution in [0.25, 0.3) is 0 Å². The predicted molar refractivity (Wildman–Crippen MR) is 53.5 cm³/mol. The maximum atomic E-state index is 6.02. The van der Waals surface area contributed by atoms with Crippen molar-refractivity contribution in [2.24, 2.45) is 0 Å². The average Bonchev–Trinajstić information content (AvgIpc) is 2.91. The molecule has 0 spiro atoms. The number of methoxy groups -OCH3 is 1. The largest absolute Gasteiger partial charge is 0.495 e. The third-order valence-corrected chi connectivity index (χ3v) is 2.62. The van der Waals surface area contributed by atoms with E-state index < -0.39 is 0 Å². The van der Waals surface area contributed by atoms with Crippen LogP contribution in [0.15, 0.2) is 12.1 Å². The maximum absolute atomic E-state index is 6.02. The molecule has 1 aliphatic heterocycles. The molecule has 1 saturated heterocycles. The van der Waals surface area contributed by atoms with Crippen molar-refractivity contribution in [3.8, 4) is 5.75 Å². The van der Waals surface area contributed by atoms with E-state index in [1.807, 2.05) is 12.1 Å². The smallest absolute Gasteiger partial charge is 0.137 e. The van der Waals surface area contributed by atoms with Crippen LogP contribution in [0.4, 0.5) is 0 Å². The number of halogens is 1. The van der Waals surface area contributed by atoms with E-state index in [0.717, 1.165) is 12.3 Å². The van der Waals surface area contributed by atoms with E-state index in [0.29, 0.717) is 11.1 Å². The number of rotatable bonds is 2. The highest BCUT2D eigenvalue weighted by molar-refractivity contribution is 6.32. The van der Waals surface area contributed by atoms with Crippen molar-refractivity contribution in [2.75, 3.05) is 13.7 Å². The number of benzene rings is 1. The lowest BCUT2D eigenvalue weighted by Gasteiger charge is -2.08. The summed E-state index contributed by atoms with van der Waals surface area (Å²) in [5.74, 6) is 0.753. The average molecular weight is 198 g/mol. The van der Waals surface area contributed by atoms with Crippen molar-refractivity contribution in [3.05, 3.63) is 28.3 Å². The molecule has 0 amide bonds. The Hall–Kier alpha value is -0.730. The van der Waals surface area contributed by atoms with E-state index in [1.165, 1.54) is 11.1 Å². The Bertz CT molecular complexity index is 334. The highest BCUT2D eigenvalue weighted by Crippen LogP contribution is 2.33. The Morgan fingerprint density at radius 2 is 2.23 bits per heavy atom. The van der Waals surface area contributed by atoms with Crippen molar-refractivity contribution in [1.29, 1.82) is 0 Å². The molecule has 1 N–H and O–H groups in total. The molecule has 1 unspecified atom stereocenters. The molecule has 1 aromatic rings. The molecule has 2 rings (SSSR count). The molecule has 0 radical (unpaired) electrons. The van der Waals surface area contributed by atoms with Gasteiger partial charge in [-0.25, -0.2) is 0 Å². The van der Waals surface area contributed by atoms with E-state index in [4.69, 9.17) is 16.3 Å². The van der Waals surface area contributed by atoms with Gasteiger partial charge in [0.15, 0.2) is 0 Å². The third-order valence-electron chi connectivity index (χ3n) is 2.32. The number of hydrogen-bond acceptors (Lipinski definition) is 2. The molecule has 1 atom stereocenters. The first-order valence-corrected chi connectivity index (χ1v) is 4.67. The molecule has 1 aromatic carbocycles. The molecule has 1 fully saturated rings. The van der Waals surface area contributed by atoms with Crippen molar-refractivity contribution in [2.45, 2.75) is 13.0 Å². The quantitative estimate of drug-likeness (QED) is 0.738. The van der Waals surface area contributed by atoms with Gasteiger partial charge in [-0.2, -0.15) is 0 Å². The summed E-state index contributed by atoms with van der Waals surface area (Å²) in [7, 11) is 1.63. The second-order valence-electron chi connectivity index (χ2n) is 3.30. The molecule has 0 saturated carbocycles. The molecule has 2 nitrogen and oxygen atoms in total. The summed E-state index contributed by atoms with van der Waals surface area (Å²) >= 11 is 6.02. The van der Waals surface area contributed by atoms with Gasteiger partial charge < -0.3 is 10.1 Å². The summed E-state index contributed by atoms with van der Waals surface area (Å²) in [6.07, 6.45) is 0. The fraction of sp³-hybridized carbons (Fsp3) is 0.400. The van der Waals surface area contributed by atoms with Gasteiger partial charge >= 0.3 is 0 Å². The van der Waals surface area contributed by atoms with Crippen LogP contribution < -0.4 is 10.1 Å². The Morgan fingerprint density at radius 3 is 2.77 bits per heavy atom. The fourth-order valence-corrected chi connectivity index (χ4v) is 1.73. The molecular formula is C10H12ClNO. The van der Waals surface area contributed by atoms with Crippen molar-refractivity contribution in [3.63, 3.8) is 0 Å².